The maximum Gasteiger partial charge on any atom is 0.242 e. The van der Waals surface area contributed by atoms with E-state index in [0.29, 0.717) is 18.2 Å². The SMILES string of the molecule is Cc1cc2c(-c3ccc(NC(=O)[C@H](N)CC(C)C)nc3C)ccnc2[nH]1. The summed E-state index contributed by atoms with van der Waals surface area (Å²) in [6.07, 6.45) is 2.43. The first-order chi connectivity index (χ1) is 12.3. The number of aryl methyl sites for hydroxylation is 2. The van der Waals surface area contributed by atoms with E-state index in [1.165, 1.54) is 0 Å². The van der Waals surface area contributed by atoms with Gasteiger partial charge in [0.1, 0.15) is 11.5 Å². The Hall–Kier alpha value is -2.73. The van der Waals surface area contributed by atoms with Crippen LogP contribution in [-0.4, -0.2) is 26.9 Å². The summed E-state index contributed by atoms with van der Waals surface area (Å²) in [5.74, 6) is 0.684. The normalized spacial score (nSPS) is 12.5. The summed E-state index contributed by atoms with van der Waals surface area (Å²) in [5.41, 5.74) is 10.8. The van der Waals surface area contributed by atoms with Gasteiger partial charge in [-0.1, -0.05) is 13.8 Å². The molecule has 6 nitrogen and oxygen atoms in total. The maximum atomic E-state index is 12.2. The number of hydrogen-bond acceptors (Lipinski definition) is 4. The molecule has 0 unspecified atom stereocenters. The second-order valence-corrected chi connectivity index (χ2v) is 7.13. The van der Waals surface area contributed by atoms with Crippen molar-refractivity contribution in [3.05, 3.63) is 41.9 Å². The lowest BCUT2D eigenvalue weighted by Gasteiger charge is -2.15. The zero-order chi connectivity index (χ0) is 18.8. The zero-order valence-corrected chi connectivity index (χ0v) is 15.6. The Morgan fingerprint density at radius 3 is 2.69 bits per heavy atom. The highest BCUT2D eigenvalue weighted by Gasteiger charge is 2.16. The Bertz CT molecular complexity index is 945. The number of hydrogen-bond donors (Lipinski definition) is 3. The Kier molecular flexibility index (Phi) is 5.04. The average molecular weight is 351 g/mol. The molecule has 0 aliphatic carbocycles. The summed E-state index contributed by atoms with van der Waals surface area (Å²) in [6.45, 7) is 8.03. The summed E-state index contributed by atoms with van der Waals surface area (Å²) in [4.78, 5) is 24.4. The summed E-state index contributed by atoms with van der Waals surface area (Å²) in [7, 11) is 0. The summed E-state index contributed by atoms with van der Waals surface area (Å²) in [6, 6.07) is 7.32. The van der Waals surface area contributed by atoms with Crippen molar-refractivity contribution in [2.24, 2.45) is 11.7 Å². The molecule has 3 aromatic rings. The molecule has 0 aliphatic rings. The molecule has 1 amide bonds. The molecule has 4 N–H and O–H groups in total. The van der Waals surface area contributed by atoms with Crippen molar-refractivity contribution < 1.29 is 4.79 Å². The highest BCUT2D eigenvalue weighted by Crippen LogP contribution is 2.30. The topological polar surface area (TPSA) is 96.7 Å². The third-order valence-electron chi connectivity index (χ3n) is 4.36. The van der Waals surface area contributed by atoms with Crippen LogP contribution < -0.4 is 11.1 Å². The number of carbonyl (C=O) groups excluding carboxylic acids is 1. The van der Waals surface area contributed by atoms with Gasteiger partial charge in [-0.2, -0.15) is 0 Å². The van der Waals surface area contributed by atoms with E-state index in [0.717, 1.165) is 33.5 Å². The lowest BCUT2D eigenvalue weighted by Crippen LogP contribution is -2.36. The maximum absolute atomic E-state index is 12.2. The Morgan fingerprint density at radius 1 is 1.23 bits per heavy atom. The number of rotatable bonds is 5. The van der Waals surface area contributed by atoms with Gasteiger partial charge in [0.15, 0.2) is 0 Å². The molecule has 3 aromatic heterocycles. The quantitative estimate of drug-likeness (QED) is 0.655. The van der Waals surface area contributed by atoms with E-state index in [-0.39, 0.29) is 5.91 Å². The molecule has 26 heavy (non-hydrogen) atoms. The summed E-state index contributed by atoms with van der Waals surface area (Å²) in [5, 5.41) is 3.88. The largest absolute Gasteiger partial charge is 0.344 e. The lowest BCUT2D eigenvalue weighted by molar-refractivity contribution is -0.117. The molecular formula is C20H25N5O. The van der Waals surface area contributed by atoms with Crippen LogP contribution in [0.2, 0.25) is 0 Å². The van der Waals surface area contributed by atoms with Crippen molar-refractivity contribution in [2.45, 2.75) is 40.2 Å². The van der Waals surface area contributed by atoms with Gasteiger partial charge in [-0.05, 0) is 56.0 Å². The highest BCUT2D eigenvalue weighted by molar-refractivity contribution is 5.96. The van der Waals surface area contributed by atoms with Gasteiger partial charge in [-0.25, -0.2) is 9.97 Å². The van der Waals surface area contributed by atoms with E-state index in [4.69, 9.17) is 5.73 Å². The molecule has 0 spiro atoms. The van der Waals surface area contributed by atoms with Crippen LogP contribution in [0.1, 0.15) is 31.7 Å². The van der Waals surface area contributed by atoms with Crippen molar-refractivity contribution in [3.8, 4) is 11.1 Å². The third-order valence-corrected chi connectivity index (χ3v) is 4.36. The van der Waals surface area contributed by atoms with Crippen LogP contribution in [0.15, 0.2) is 30.5 Å². The second kappa shape index (κ2) is 7.25. The van der Waals surface area contributed by atoms with E-state index >= 15 is 0 Å². The minimum atomic E-state index is -0.528. The van der Waals surface area contributed by atoms with Crippen LogP contribution in [0.3, 0.4) is 0 Å². The molecule has 3 heterocycles. The molecule has 0 aromatic carbocycles. The molecule has 0 fully saturated rings. The first kappa shape index (κ1) is 18.1. The second-order valence-electron chi connectivity index (χ2n) is 7.13. The molecular weight excluding hydrogens is 326 g/mol. The van der Waals surface area contributed by atoms with Gasteiger partial charge in [0.05, 0.1) is 6.04 Å². The predicted octanol–water partition coefficient (Wildman–Crippen LogP) is 3.55. The van der Waals surface area contributed by atoms with Crippen molar-refractivity contribution in [2.75, 3.05) is 5.32 Å². The number of carbonyl (C=O) groups is 1. The third kappa shape index (κ3) is 3.75. The van der Waals surface area contributed by atoms with Crippen molar-refractivity contribution in [1.29, 1.82) is 0 Å². The van der Waals surface area contributed by atoms with Gasteiger partial charge in [0.25, 0.3) is 0 Å². The predicted molar refractivity (Wildman–Crippen MR) is 105 cm³/mol. The van der Waals surface area contributed by atoms with E-state index in [2.05, 4.69) is 26.3 Å². The Labute approximate surface area is 153 Å². The van der Waals surface area contributed by atoms with Gasteiger partial charge in [-0.15, -0.1) is 0 Å². The fourth-order valence-electron chi connectivity index (χ4n) is 3.14. The number of amides is 1. The van der Waals surface area contributed by atoms with Crippen LogP contribution in [0.5, 0.6) is 0 Å². The van der Waals surface area contributed by atoms with Gasteiger partial charge in [0, 0.05) is 28.5 Å². The van der Waals surface area contributed by atoms with Crippen LogP contribution >= 0.6 is 0 Å². The lowest BCUT2D eigenvalue weighted by atomic mass is 10.0. The Morgan fingerprint density at radius 2 is 2.00 bits per heavy atom. The molecule has 6 heteroatoms. The molecule has 1 atom stereocenters. The van der Waals surface area contributed by atoms with Gasteiger partial charge in [-0.3, -0.25) is 4.79 Å². The van der Waals surface area contributed by atoms with E-state index in [1.807, 2.05) is 45.9 Å². The summed E-state index contributed by atoms with van der Waals surface area (Å²) >= 11 is 0. The number of nitrogens with two attached hydrogens (primary N) is 1. The fourth-order valence-corrected chi connectivity index (χ4v) is 3.14. The number of H-pyrrole nitrogens is 1. The van der Waals surface area contributed by atoms with Crippen LogP contribution in [0, 0.1) is 19.8 Å². The zero-order valence-electron chi connectivity index (χ0n) is 15.6. The Balaban J connectivity index is 1.87. The first-order valence-corrected chi connectivity index (χ1v) is 8.84. The highest BCUT2D eigenvalue weighted by atomic mass is 16.2. The summed E-state index contributed by atoms with van der Waals surface area (Å²) < 4.78 is 0. The molecule has 0 aliphatic heterocycles. The minimum Gasteiger partial charge on any atom is -0.344 e. The fraction of sp³-hybridized carbons (Fsp3) is 0.350. The van der Waals surface area contributed by atoms with Crippen molar-refractivity contribution >= 4 is 22.8 Å². The van der Waals surface area contributed by atoms with E-state index < -0.39 is 6.04 Å². The first-order valence-electron chi connectivity index (χ1n) is 8.84. The van der Waals surface area contributed by atoms with Gasteiger partial charge >= 0.3 is 0 Å². The monoisotopic (exact) mass is 351 g/mol. The smallest absolute Gasteiger partial charge is 0.242 e. The van der Waals surface area contributed by atoms with Crippen LogP contribution in [0.4, 0.5) is 5.82 Å². The molecule has 0 radical (unpaired) electrons. The van der Waals surface area contributed by atoms with Gasteiger partial charge in [0.2, 0.25) is 5.91 Å². The van der Waals surface area contributed by atoms with Crippen LogP contribution in [-0.2, 0) is 4.79 Å². The number of nitrogens with one attached hydrogen (secondary N) is 2. The number of fused-ring (bicyclic) bond motifs is 1. The number of aromatic amines is 1. The molecule has 136 valence electrons. The van der Waals surface area contributed by atoms with E-state index in [9.17, 15) is 4.79 Å². The van der Waals surface area contributed by atoms with Crippen molar-refractivity contribution in [1.82, 2.24) is 15.0 Å². The average Bonchev–Trinajstić information content (AvgIpc) is 2.94. The number of anilines is 1. The van der Waals surface area contributed by atoms with Gasteiger partial charge < -0.3 is 16.0 Å². The number of nitrogens with zero attached hydrogens (tertiary/aromatic N) is 2. The number of aromatic nitrogens is 3. The standard InChI is InChI=1S/C20H25N5O/c1-11(2)9-17(21)20(26)25-18-6-5-14(13(4)24-18)15-7-8-22-19-16(15)10-12(3)23-19/h5-8,10-11,17H,9,21H2,1-4H3,(H,22,23)(H,24,25,26)/t17-/m1/s1. The number of pyridine rings is 2. The van der Waals surface area contributed by atoms with Crippen LogP contribution in [0.25, 0.3) is 22.2 Å². The molecule has 0 bridgehead atoms. The van der Waals surface area contributed by atoms with E-state index in [1.54, 1.807) is 6.20 Å². The molecule has 0 saturated heterocycles. The molecule has 3 rings (SSSR count). The molecule has 0 saturated carbocycles. The minimum absolute atomic E-state index is 0.203. The van der Waals surface area contributed by atoms with Crippen molar-refractivity contribution in [3.63, 3.8) is 0 Å².